The van der Waals surface area contributed by atoms with Crippen molar-refractivity contribution >= 4 is 34.2 Å². The molecule has 3 N–H and O–H groups in total. The number of imide groups is 1. The zero-order chi connectivity index (χ0) is 31.3. The van der Waals surface area contributed by atoms with Crippen molar-refractivity contribution in [2.75, 3.05) is 30.8 Å². The topological polar surface area (TPSA) is 123 Å². The summed E-state index contributed by atoms with van der Waals surface area (Å²) in [5, 5.41) is 6.46. The van der Waals surface area contributed by atoms with Gasteiger partial charge in [-0.05, 0) is 77.0 Å². The normalized spacial score (nSPS) is 24.4. The van der Waals surface area contributed by atoms with E-state index in [1.807, 2.05) is 18.2 Å². The summed E-state index contributed by atoms with van der Waals surface area (Å²) >= 11 is 0. The molecule has 13 heteroatoms. The number of alkyl halides is 2. The van der Waals surface area contributed by atoms with Crippen molar-refractivity contribution in [3.05, 3.63) is 40.6 Å². The van der Waals surface area contributed by atoms with Gasteiger partial charge in [-0.25, -0.2) is 13.6 Å². The number of rotatable bonds is 7. The molecule has 6 rings (SSSR count). The van der Waals surface area contributed by atoms with E-state index in [1.54, 1.807) is 22.5 Å². The molecule has 0 spiro atoms. The number of benzene rings is 1. The van der Waals surface area contributed by atoms with Gasteiger partial charge in [-0.15, -0.1) is 0 Å². The number of nitrogens with two attached hydrogens (primary N) is 1. The Morgan fingerprint density at radius 2 is 1.75 bits per heavy atom. The van der Waals surface area contributed by atoms with E-state index in [-0.39, 0.29) is 35.4 Å². The highest BCUT2D eigenvalue weighted by Crippen LogP contribution is 2.38. The number of carbonyl (C=O) groups excluding carboxylic acids is 2. The Labute approximate surface area is 254 Å². The van der Waals surface area contributed by atoms with Gasteiger partial charge >= 0.3 is 5.69 Å². The molecule has 238 valence electrons. The average molecular weight is 613 g/mol. The van der Waals surface area contributed by atoms with Gasteiger partial charge in [-0.1, -0.05) is 6.07 Å². The fraction of sp³-hybridized carbons (Fsp3) is 0.613. The molecular weight excluding hydrogens is 570 g/mol. The summed E-state index contributed by atoms with van der Waals surface area (Å²) in [6.45, 7) is 3.99. The molecule has 4 heterocycles. The molecule has 2 atom stereocenters. The number of nitrogen functional groups attached to an aromatic ring is 1. The molecule has 2 saturated heterocycles. The molecule has 11 nitrogen and oxygen atoms in total. The molecule has 3 aromatic rings. The zero-order valence-corrected chi connectivity index (χ0v) is 25.6. The minimum atomic E-state index is -2.66. The second kappa shape index (κ2) is 12.0. The number of hydrogen-bond acceptors (Lipinski definition) is 7. The first-order chi connectivity index (χ1) is 21.0. The zero-order valence-electron chi connectivity index (χ0n) is 25.6. The van der Waals surface area contributed by atoms with E-state index in [4.69, 9.17) is 5.73 Å². The fourth-order valence-corrected chi connectivity index (χ4v) is 7.71. The van der Waals surface area contributed by atoms with Crippen LogP contribution >= 0.6 is 0 Å². The second-order valence-electron chi connectivity index (χ2n) is 12.8. The Balaban J connectivity index is 1.09. The van der Waals surface area contributed by atoms with Gasteiger partial charge < -0.3 is 15.5 Å². The van der Waals surface area contributed by atoms with Gasteiger partial charge in [0.25, 0.3) is 6.43 Å². The van der Waals surface area contributed by atoms with Crippen molar-refractivity contribution < 1.29 is 18.4 Å². The van der Waals surface area contributed by atoms with Gasteiger partial charge in [-0.2, -0.15) is 5.10 Å². The molecule has 0 bridgehead atoms. The lowest BCUT2D eigenvalue weighted by atomic mass is 9.81. The maximum Gasteiger partial charge on any atom is 0.329 e. The number of hydrogen-bond donors (Lipinski definition) is 2. The minimum Gasteiger partial charge on any atom is -0.396 e. The summed E-state index contributed by atoms with van der Waals surface area (Å²) in [7, 11) is 3.96. The van der Waals surface area contributed by atoms with Crippen LogP contribution in [0.1, 0.15) is 82.5 Å². The molecule has 1 aromatic carbocycles. The molecule has 2 aromatic heterocycles. The summed E-state index contributed by atoms with van der Waals surface area (Å²) in [6, 6.07) is 6.06. The lowest BCUT2D eigenvalue weighted by Gasteiger charge is -2.43. The Hall–Kier alpha value is -3.74. The van der Waals surface area contributed by atoms with Crippen LogP contribution in [0.2, 0.25) is 0 Å². The third-order valence-electron chi connectivity index (χ3n) is 10.4. The van der Waals surface area contributed by atoms with Gasteiger partial charge in [0, 0.05) is 44.8 Å². The number of anilines is 2. The number of aryl methyl sites for hydroxylation is 1. The van der Waals surface area contributed by atoms with E-state index in [1.165, 1.54) is 4.57 Å². The number of imidazole rings is 1. The maximum atomic E-state index is 13.4. The van der Waals surface area contributed by atoms with Crippen LogP contribution in [0.15, 0.2) is 29.2 Å². The largest absolute Gasteiger partial charge is 0.396 e. The molecule has 2 aliphatic heterocycles. The van der Waals surface area contributed by atoms with Crippen LogP contribution in [0, 0.1) is 5.92 Å². The van der Waals surface area contributed by atoms with Crippen LogP contribution in [-0.4, -0.2) is 67.8 Å². The smallest absolute Gasteiger partial charge is 0.329 e. The fourth-order valence-electron chi connectivity index (χ4n) is 7.71. The molecule has 3 fully saturated rings. The van der Waals surface area contributed by atoms with Crippen molar-refractivity contribution in [1.82, 2.24) is 29.1 Å². The highest BCUT2D eigenvalue weighted by atomic mass is 19.3. The van der Waals surface area contributed by atoms with Crippen LogP contribution in [0.3, 0.4) is 0 Å². The van der Waals surface area contributed by atoms with E-state index >= 15 is 0 Å². The number of amides is 2. The number of halogens is 2. The Bertz CT molecular complexity index is 1600. The third kappa shape index (κ3) is 5.39. The second-order valence-corrected chi connectivity index (χ2v) is 12.8. The first-order valence-corrected chi connectivity index (χ1v) is 15.7. The maximum absolute atomic E-state index is 13.4. The van der Waals surface area contributed by atoms with Crippen LogP contribution < -0.4 is 21.6 Å². The summed E-state index contributed by atoms with van der Waals surface area (Å²) in [5.74, 6) is -0.215. The molecule has 2 amide bonds. The Morgan fingerprint density at radius 1 is 1.05 bits per heavy atom. The van der Waals surface area contributed by atoms with Crippen molar-refractivity contribution in [1.29, 1.82) is 0 Å². The first-order valence-electron chi connectivity index (χ1n) is 15.7. The first kappa shape index (κ1) is 30.3. The van der Waals surface area contributed by atoms with Crippen LogP contribution in [-0.2, 0) is 16.6 Å². The highest BCUT2D eigenvalue weighted by Gasteiger charge is 2.35. The standard InChI is InChI=1S/C31H42F2N8O3/c1-18(19-7-9-21(10-8-19)40-17-22(34)27(36-40)29(32)33)37(2)20-13-15-39(16-14-20)23-5-4-6-24-28(23)38(3)31(44)41(24)25-11-12-26(42)35-30(25)43/h4-6,17-21,25,29H,7-16,34H2,1-3H3,(H,35,42,43). The number of aromatic nitrogens is 4. The monoisotopic (exact) mass is 612 g/mol. The summed E-state index contributed by atoms with van der Waals surface area (Å²) in [5.41, 5.74) is 7.73. The van der Waals surface area contributed by atoms with E-state index in [2.05, 4.69) is 34.2 Å². The number of piperidine rings is 2. The average Bonchev–Trinajstić information content (AvgIpc) is 3.53. The molecular formula is C31H42F2N8O3. The SMILES string of the molecule is CC(C1CCC(n2cc(N)c(C(F)F)n2)CC1)N(C)C1CCN(c2cccc3c2n(C)c(=O)n3C2CCC(=O)NC2=O)CC1. The number of fused-ring (bicyclic) bond motifs is 1. The summed E-state index contributed by atoms with van der Waals surface area (Å²) in [6.07, 6.45) is 5.19. The molecule has 1 aliphatic carbocycles. The van der Waals surface area contributed by atoms with E-state index in [0.717, 1.165) is 62.8 Å². The van der Waals surface area contributed by atoms with Gasteiger partial charge in [-0.3, -0.25) is 28.7 Å². The van der Waals surface area contributed by atoms with Gasteiger partial charge in [0.15, 0.2) is 5.69 Å². The lowest BCUT2D eigenvalue weighted by molar-refractivity contribution is -0.135. The molecule has 2 unspecified atom stereocenters. The number of nitrogens with zero attached hydrogens (tertiary/aromatic N) is 6. The highest BCUT2D eigenvalue weighted by molar-refractivity contribution is 6.00. The molecule has 3 aliphatic rings. The number of para-hydroxylation sites is 1. The molecule has 1 saturated carbocycles. The van der Waals surface area contributed by atoms with Crippen LogP contribution in [0.4, 0.5) is 20.2 Å². The van der Waals surface area contributed by atoms with Crippen LogP contribution in [0.5, 0.6) is 0 Å². The molecule has 44 heavy (non-hydrogen) atoms. The number of nitrogens with one attached hydrogen (secondary N) is 1. The van der Waals surface area contributed by atoms with Gasteiger partial charge in [0.2, 0.25) is 11.8 Å². The summed E-state index contributed by atoms with van der Waals surface area (Å²) < 4.78 is 31.1. The van der Waals surface area contributed by atoms with Crippen molar-refractivity contribution in [3.8, 4) is 0 Å². The number of carbonyl (C=O) groups is 2. The quantitative estimate of drug-likeness (QED) is 0.390. The predicted molar refractivity (Wildman–Crippen MR) is 164 cm³/mol. The van der Waals surface area contributed by atoms with E-state index in [0.29, 0.717) is 29.9 Å². The van der Waals surface area contributed by atoms with Gasteiger partial charge in [0.05, 0.1) is 28.5 Å². The Morgan fingerprint density at radius 3 is 2.39 bits per heavy atom. The van der Waals surface area contributed by atoms with Crippen LogP contribution in [0.25, 0.3) is 11.0 Å². The van der Waals surface area contributed by atoms with Gasteiger partial charge in [0.1, 0.15) is 6.04 Å². The minimum absolute atomic E-state index is 0.0620. The van der Waals surface area contributed by atoms with E-state index < -0.39 is 18.4 Å². The van der Waals surface area contributed by atoms with E-state index in [9.17, 15) is 23.2 Å². The summed E-state index contributed by atoms with van der Waals surface area (Å²) in [4.78, 5) is 42.5. The lowest BCUT2D eigenvalue weighted by Crippen LogP contribution is -2.49. The predicted octanol–water partition coefficient (Wildman–Crippen LogP) is 3.75. The molecule has 0 radical (unpaired) electrons. The third-order valence-corrected chi connectivity index (χ3v) is 10.4. The van der Waals surface area contributed by atoms with Crippen molar-refractivity contribution in [3.63, 3.8) is 0 Å². The Kier molecular flexibility index (Phi) is 8.25. The van der Waals surface area contributed by atoms with Crippen molar-refractivity contribution in [2.24, 2.45) is 13.0 Å². The van der Waals surface area contributed by atoms with Crippen molar-refractivity contribution in [2.45, 2.75) is 88.9 Å².